The Morgan fingerprint density at radius 3 is 2.45 bits per heavy atom. The molecule has 7 aliphatic rings. The summed E-state index contributed by atoms with van der Waals surface area (Å²) in [5, 5.41) is 16.6. The zero-order valence-corrected chi connectivity index (χ0v) is 44.1. The minimum Gasteiger partial charge on any atom is -0.489 e. The Labute approximate surface area is 436 Å². The van der Waals surface area contributed by atoms with Gasteiger partial charge in [-0.15, -0.1) is 0 Å². The van der Waals surface area contributed by atoms with E-state index in [0.29, 0.717) is 74.9 Å². The molecule has 6 aliphatic heterocycles. The summed E-state index contributed by atoms with van der Waals surface area (Å²) in [6.07, 6.45) is 7.21. The number of pyridine rings is 1. The van der Waals surface area contributed by atoms with Crippen LogP contribution in [0.3, 0.4) is 0 Å². The van der Waals surface area contributed by atoms with Crippen molar-refractivity contribution in [2.45, 2.75) is 105 Å². The third-order valence-electron chi connectivity index (χ3n) is 17.1. The number of sulfonamides is 1. The molecule has 4 atom stereocenters. The van der Waals surface area contributed by atoms with Gasteiger partial charge in [0, 0.05) is 81.6 Å². The molecule has 5 aromatic rings. The Kier molecular flexibility index (Phi) is 12.6. The van der Waals surface area contributed by atoms with Gasteiger partial charge < -0.3 is 40.0 Å². The fraction of sp³-hybridized carbons (Fsp3) is 0.509. The van der Waals surface area contributed by atoms with Gasteiger partial charge in [-0.25, -0.2) is 16.8 Å². The molecule has 20 nitrogen and oxygen atoms in total. The first-order valence-electron chi connectivity index (χ1n) is 26.2. The van der Waals surface area contributed by atoms with Crippen LogP contribution in [0.15, 0.2) is 76.7 Å². The highest BCUT2D eigenvalue weighted by Gasteiger charge is 2.51. The number of rotatable bonds is 12. The smallest absolute Gasteiger partial charge is 0.297 e. The van der Waals surface area contributed by atoms with Gasteiger partial charge in [0.1, 0.15) is 28.9 Å². The van der Waals surface area contributed by atoms with Crippen LogP contribution >= 0.6 is 0 Å². The Balaban J connectivity index is 0.906. The first-order chi connectivity index (χ1) is 36.0. The lowest BCUT2D eigenvalue weighted by Crippen LogP contribution is -2.55. The molecule has 4 saturated heterocycles. The number of carbonyl (C=O) groups excluding carboxylic acids is 1. The second-order valence-electron chi connectivity index (χ2n) is 21.9. The second kappa shape index (κ2) is 18.9. The quantitative estimate of drug-likeness (QED) is 0.0942. The zero-order valence-electron chi connectivity index (χ0n) is 42.4. The minimum atomic E-state index is -4.82. The molecule has 0 unspecified atom stereocenters. The van der Waals surface area contributed by atoms with Crippen molar-refractivity contribution in [3.63, 3.8) is 0 Å². The fourth-order valence-electron chi connectivity index (χ4n) is 13.1. The lowest BCUT2D eigenvalue weighted by atomic mass is 9.59. The average molecular weight is 1070 g/mol. The molecule has 4 N–H and O–H groups in total. The van der Waals surface area contributed by atoms with Gasteiger partial charge in [-0.05, 0) is 107 Å². The van der Waals surface area contributed by atoms with Crippen molar-refractivity contribution in [1.82, 2.24) is 24.1 Å². The summed E-state index contributed by atoms with van der Waals surface area (Å²) in [6, 6.07) is 17.8. The van der Waals surface area contributed by atoms with E-state index in [1.807, 2.05) is 12.1 Å². The number of hydrogen-bond donors (Lipinski definition) is 3. The van der Waals surface area contributed by atoms with Gasteiger partial charge in [-0.3, -0.25) is 24.7 Å². The highest BCUT2D eigenvalue weighted by atomic mass is 32.2. The number of primary amides is 1. The summed E-state index contributed by atoms with van der Waals surface area (Å²) in [6.45, 7) is 9.98. The molecule has 0 bridgehead atoms. The van der Waals surface area contributed by atoms with E-state index in [-0.39, 0.29) is 58.7 Å². The van der Waals surface area contributed by atoms with Crippen LogP contribution < -0.4 is 30.3 Å². The Bertz CT molecular complexity index is 3310. The monoisotopic (exact) mass is 1060 g/mol. The van der Waals surface area contributed by atoms with E-state index in [2.05, 4.69) is 56.2 Å². The van der Waals surface area contributed by atoms with E-state index in [1.54, 1.807) is 37.1 Å². The van der Waals surface area contributed by atoms with Crippen molar-refractivity contribution in [2.24, 2.45) is 11.1 Å². The number of H-pyrrole nitrogens is 1. The molecular weight excluding hydrogens is 1000 g/mol. The highest BCUT2D eigenvalue weighted by molar-refractivity contribution is 7.92. The molecule has 8 heterocycles. The molecule has 12 rings (SSSR count). The summed E-state index contributed by atoms with van der Waals surface area (Å²) in [4.78, 5) is 42.4. The predicted octanol–water partition coefficient (Wildman–Crippen LogP) is 6.12. The van der Waals surface area contributed by atoms with Gasteiger partial charge in [-0.2, -0.15) is 9.29 Å². The van der Waals surface area contributed by atoms with Crippen molar-refractivity contribution >= 4 is 65.2 Å². The number of piperazine rings is 1. The zero-order chi connectivity index (χ0) is 52.1. The van der Waals surface area contributed by atoms with Crippen LogP contribution in [0.2, 0.25) is 0 Å². The number of aromatic nitrogens is 2. The largest absolute Gasteiger partial charge is 0.489 e. The molecule has 1 aliphatic carbocycles. The van der Waals surface area contributed by atoms with Gasteiger partial charge in [-0.1, -0.05) is 24.3 Å². The maximum atomic E-state index is 16.1. The van der Waals surface area contributed by atoms with Crippen LogP contribution in [0.4, 0.5) is 28.4 Å². The summed E-state index contributed by atoms with van der Waals surface area (Å²) in [5.41, 5.74) is 9.88. The second-order valence-corrected chi connectivity index (χ2v) is 26.2. The molecule has 1 amide bonds. The number of aromatic amines is 1. The number of aryl methyl sites for hydroxylation is 1. The van der Waals surface area contributed by atoms with Crippen LogP contribution in [-0.4, -0.2) is 153 Å². The lowest BCUT2D eigenvalue weighted by Gasteiger charge is -2.56. The molecular formula is C53H64N10O10S2. The number of hydrogen-bond acceptors (Lipinski definition) is 16. The number of ether oxygens (including phenoxy) is 3. The minimum absolute atomic E-state index is 0.0110. The Morgan fingerprint density at radius 2 is 1.72 bits per heavy atom. The number of nitro benzene ring substituents is 1. The van der Waals surface area contributed by atoms with E-state index >= 15 is 8.42 Å². The van der Waals surface area contributed by atoms with Gasteiger partial charge >= 0.3 is 0 Å². The average Bonchev–Trinajstić information content (AvgIpc) is 4.19. The SMILES string of the molecule is Cc1ccccc1[C@@H]1CCCN1C1CC2(CCN(c3ccc(C(N)=O)c(N4c5cc6cc[nH]c6nc5O[C@@H]5COC[C@H]54)c3S(=O)(=O)c3cc4c(c([N+](=O)[O-])c3)N[C@H](CN3CCN(S(=O)(=O)C(C)C)CC3)CO4)CC2)C1. The van der Waals surface area contributed by atoms with Crippen LogP contribution in [0.25, 0.3) is 11.0 Å². The molecule has 2 aromatic heterocycles. The van der Waals surface area contributed by atoms with Crippen molar-refractivity contribution in [2.75, 3.05) is 87.3 Å². The first kappa shape index (κ1) is 49.8. The number of likely N-dealkylation sites (tertiary alicyclic amines) is 1. The van der Waals surface area contributed by atoms with Crippen LogP contribution in [-0.2, 0) is 24.6 Å². The predicted molar refractivity (Wildman–Crippen MR) is 283 cm³/mol. The van der Waals surface area contributed by atoms with Crippen LogP contribution in [0.1, 0.15) is 79.9 Å². The summed E-state index contributed by atoms with van der Waals surface area (Å²) in [5.74, 6) is -0.666. The number of nitrogens with one attached hydrogen (secondary N) is 2. The number of benzene rings is 3. The van der Waals surface area contributed by atoms with E-state index < -0.39 is 64.7 Å². The molecule has 75 heavy (non-hydrogen) atoms. The Hall–Kier alpha value is -6.04. The van der Waals surface area contributed by atoms with E-state index in [1.165, 1.54) is 21.5 Å². The Morgan fingerprint density at radius 1 is 0.947 bits per heavy atom. The summed E-state index contributed by atoms with van der Waals surface area (Å²) >= 11 is 0. The summed E-state index contributed by atoms with van der Waals surface area (Å²) < 4.78 is 78.2. The molecule has 5 fully saturated rings. The molecule has 0 radical (unpaired) electrons. The van der Waals surface area contributed by atoms with Gasteiger partial charge in [0.15, 0.2) is 11.4 Å². The number of nitrogens with zero attached hydrogens (tertiary/aromatic N) is 7. The van der Waals surface area contributed by atoms with Crippen LogP contribution in [0, 0.1) is 22.5 Å². The topological polar surface area (TPSA) is 239 Å². The van der Waals surface area contributed by atoms with Gasteiger partial charge in [0.2, 0.25) is 25.7 Å². The first-order valence-corrected chi connectivity index (χ1v) is 29.2. The third kappa shape index (κ3) is 8.64. The van der Waals surface area contributed by atoms with Gasteiger partial charge in [0.25, 0.3) is 11.6 Å². The fourth-order valence-corrected chi connectivity index (χ4v) is 16.1. The number of piperidine rings is 1. The van der Waals surface area contributed by atoms with Crippen LogP contribution in [0.5, 0.6) is 11.6 Å². The number of nitrogens with two attached hydrogens (primary N) is 1. The standard InChI is InChI=1S/C53H64N10O10S2/c1-32(2)75(69,70)60-21-19-58(20-22-60)28-35-29-72-45-25-37(24-42(63(65)66)47(45)56-35)74(67,68)49-41(59-17-13-53(14-18-59)26-36(27-53)61-16-6-9-40(61)38-8-5-4-7-33(38)3)11-10-39(50(54)64)48(49)62-43-23-34-12-15-55-51(34)57-52(43)73-46-31-71-30-44(46)62/h4-5,7-8,10-12,15,23-25,32,35-36,40,44,46,56H,6,9,13-14,16-22,26-31H2,1-3H3,(H2,54,64)(H,55,57)/t35-,40+,44-,46-/m1/s1. The number of fused-ring (bicyclic) bond motifs is 4. The summed E-state index contributed by atoms with van der Waals surface area (Å²) in [7, 11) is -8.24. The number of carbonyl (C=O) groups is 1. The number of amides is 1. The molecule has 1 spiro atoms. The number of anilines is 4. The number of sulfone groups is 1. The molecule has 398 valence electrons. The van der Waals surface area contributed by atoms with Gasteiger partial charge in [0.05, 0.1) is 57.3 Å². The lowest BCUT2D eigenvalue weighted by molar-refractivity contribution is -0.384. The highest BCUT2D eigenvalue weighted by Crippen LogP contribution is 2.56. The van der Waals surface area contributed by atoms with E-state index in [4.69, 9.17) is 24.9 Å². The molecule has 1 saturated carbocycles. The maximum Gasteiger partial charge on any atom is 0.297 e. The van der Waals surface area contributed by atoms with Crippen molar-refractivity contribution in [1.29, 1.82) is 0 Å². The maximum absolute atomic E-state index is 16.1. The normalized spacial score (nSPS) is 24.3. The van der Waals surface area contributed by atoms with Crippen molar-refractivity contribution in [3.8, 4) is 11.6 Å². The van der Waals surface area contributed by atoms with Crippen molar-refractivity contribution in [3.05, 3.63) is 93.7 Å². The third-order valence-corrected chi connectivity index (χ3v) is 21.2. The van der Waals surface area contributed by atoms with E-state index in [0.717, 1.165) is 56.5 Å². The molecule has 3 aromatic carbocycles. The van der Waals surface area contributed by atoms with Crippen molar-refractivity contribution < 1.29 is 40.8 Å². The van der Waals surface area contributed by atoms with E-state index in [9.17, 15) is 23.3 Å². The molecule has 22 heteroatoms. The number of nitro groups is 1.